The molecule has 0 bridgehead atoms. The summed E-state index contributed by atoms with van der Waals surface area (Å²) < 4.78 is 6.57. The van der Waals surface area contributed by atoms with Crippen LogP contribution in [0.4, 0.5) is 0 Å². The normalized spacial score (nSPS) is 11.6. The summed E-state index contributed by atoms with van der Waals surface area (Å²) in [6, 6.07) is 65.7. The summed E-state index contributed by atoms with van der Waals surface area (Å²) in [4.78, 5) is 16.1. The van der Waals surface area contributed by atoms with Crippen LogP contribution in [0.1, 0.15) is 0 Å². The van der Waals surface area contributed by atoms with Gasteiger partial charge in [-0.15, -0.1) is 0 Å². The maximum atomic E-state index is 6.57. The summed E-state index contributed by atoms with van der Waals surface area (Å²) >= 11 is 0. The van der Waals surface area contributed by atoms with Crippen LogP contribution < -0.4 is 0 Å². The van der Waals surface area contributed by atoms with Crippen molar-refractivity contribution < 1.29 is 4.42 Å². The highest BCUT2D eigenvalue weighted by molar-refractivity contribution is 6.15. The predicted octanol–water partition coefficient (Wildman–Crippen LogP) is 13.6. The monoisotopic (exact) mass is 701 g/mol. The summed E-state index contributed by atoms with van der Waals surface area (Å²) in [5.41, 5.74) is 8.60. The van der Waals surface area contributed by atoms with Crippen LogP contribution in [-0.2, 0) is 0 Å². The second kappa shape index (κ2) is 12.6. The third kappa shape index (κ3) is 5.11. The Morgan fingerprint density at radius 1 is 0.309 bits per heavy atom. The zero-order valence-corrected chi connectivity index (χ0v) is 29.6. The largest absolute Gasteiger partial charge is 0.455 e. The van der Waals surface area contributed by atoms with E-state index in [1.807, 2.05) is 24.3 Å². The average molecular weight is 702 g/mol. The van der Waals surface area contributed by atoms with Gasteiger partial charge >= 0.3 is 0 Å². The molecular formula is C51H31N3O. The second-order valence-corrected chi connectivity index (χ2v) is 13.9. The molecule has 0 aliphatic carbocycles. The molecule has 11 rings (SSSR count). The van der Waals surface area contributed by atoms with E-state index in [-0.39, 0.29) is 0 Å². The fourth-order valence-corrected chi connectivity index (χ4v) is 8.21. The molecule has 0 amide bonds. The van der Waals surface area contributed by atoms with E-state index in [2.05, 4.69) is 164 Å². The zero-order valence-electron chi connectivity index (χ0n) is 29.6. The van der Waals surface area contributed by atoms with Crippen LogP contribution in [0.25, 0.3) is 111 Å². The zero-order chi connectivity index (χ0) is 36.3. The van der Waals surface area contributed by atoms with Gasteiger partial charge in [0, 0.05) is 21.9 Å². The first-order valence-corrected chi connectivity index (χ1v) is 18.5. The lowest BCUT2D eigenvalue weighted by molar-refractivity contribution is 0.669. The smallest absolute Gasteiger partial charge is 0.167 e. The van der Waals surface area contributed by atoms with Crippen molar-refractivity contribution in [2.75, 3.05) is 0 Å². The van der Waals surface area contributed by atoms with Gasteiger partial charge in [0.05, 0.1) is 5.56 Å². The van der Waals surface area contributed by atoms with Gasteiger partial charge in [-0.25, -0.2) is 15.0 Å². The first-order chi connectivity index (χ1) is 27.3. The molecule has 0 radical (unpaired) electrons. The Hall–Kier alpha value is -7.43. The van der Waals surface area contributed by atoms with E-state index >= 15 is 0 Å². The Balaban J connectivity index is 1.24. The van der Waals surface area contributed by atoms with Gasteiger partial charge in [0.25, 0.3) is 0 Å². The Kier molecular flexibility index (Phi) is 7.14. The highest BCUT2D eigenvalue weighted by Crippen LogP contribution is 2.42. The molecular weight excluding hydrogens is 671 g/mol. The average Bonchev–Trinajstić information content (AvgIpc) is 3.65. The SMILES string of the molecule is c1ccc(-c2ccc3ccccc3c2-c2nc(-c3ccccc3-c3cc4ccccc4c4ccccc34)nc(-c3cccc4c3oc3ccccc34)n2)cc1. The Labute approximate surface area is 317 Å². The molecule has 0 atom stereocenters. The van der Waals surface area contributed by atoms with E-state index in [4.69, 9.17) is 19.4 Å². The molecule has 0 unspecified atom stereocenters. The molecule has 256 valence electrons. The maximum absolute atomic E-state index is 6.57. The number of benzene rings is 9. The minimum Gasteiger partial charge on any atom is -0.455 e. The minimum atomic E-state index is 0.551. The summed E-state index contributed by atoms with van der Waals surface area (Å²) in [5, 5.41) is 9.07. The van der Waals surface area contributed by atoms with E-state index in [1.165, 1.54) is 21.5 Å². The van der Waals surface area contributed by atoms with E-state index in [9.17, 15) is 0 Å². The number of hydrogen-bond donors (Lipinski definition) is 0. The van der Waals surface area contributed by atoms with Gasteiger partial charge in [0.1, 0.15) is 11.2 Å². The number of aromatic nitrogens is 3. The number of fused-ring (bicyclic) bond motifs is 7. The molecule has 0 aliphatic rings. The van der Waals surface area contributed by atoms with Crippen molar-refractivity contribution >= 4 is 54.3 Å². The lowest BCUT2D eigenvalue weighted by Gasteiger charge is -2.17. The summed E-state index contributed by atoms with van der Waals surface area (Å²) in [6.07, 6.45) is 0. The second-order valence-electron chi connectivity index (χ2n) is 13.9. The van der Waals surface area contributed by atoms with E-state index in [1.54, 1.807) is 0 Å². The minimum absolute atomic E-state index is 0.551. The van der Waals surface area contributed by atoms with Crippen LogP contribution in [0.15, 0.2) is 192 Å². The molecule has 0 saturated heterocycles. The molecule has 11 aromatic rings. The quantitative estimate of drug-likeness (QED) is 0.168. The molecule has 0 fully saturated rings. The van der Waals surface area contributed by atoms with Gasteiger partial charge in [0.15, 0.2) is 17.5 Å². The number of furan rings is 1. The van der Waals surface area contributed by atoms with Crippen LogP contribution in [0.2, 0.25) is 0 Å². The van der Waals surface area contributed by atoms with Crippen molar-refractivity contribution in [1.29, 1.82) is 0 Å². The molecule has 2 heterocycles. The Bertz CT molecular complexity index is 3270. The molecule has 0 saturated carbocycles. The first kappa shape index (κ1) is 31.1. The van der Waals surface area contributed by atoms with E-state index in [0.29, 0.717) is 17.5 Å². The van der Waals surface area contributed by atoms with Crippen LogP contribution in [0.3, 0.4) is 0 Å². The molecule has 0 N–H and O–H groups in total. The summed E-state index contributed by atoms with van der Waals surface area (Å²) in [5.74, 6) is 1.74. The van der Waals surface area contributed by atoms with Gasteiger partial charge in [0.2, 0.25) is 0 Å². The number of hydrogen-bond acceptors (Lipinski definition) is 4. The standard InChI is InChI=1S/C51H31N3O/c1-2-15-32(16-3-1)37-30-29-33-17-4-7-20-36(33)47(37)51-53-49(52-50(54-51)44-27-14-26-42-41-24-12-13-28-46(41)55-48(42)44)43-25-11-10-23-40(43)45-31-34-18-5-6-19-35(34)38-21-8-9-22-39(38)45/h1-31H. The third-order valence-corrected chi connectivity index (χ3v) is 10.7. The number of nitrogens with zero attached hydrogens (tertiary/aromatic N) is 3. The van der Waals surface area contributed by atoms with Crippen LogP contribution >= 0.6 is 0 Å². The predicted molar refractivity (Wildman–Crippen MR) is 227 cm³/mol. The topological polar surface area (TPSA) is 51.8 Å². The first-order valence-electron chi connectivity index (χ1n) is 18.5. The lowest BCUT2D eigenvalue weighted by Crippen LogP contribution is -2.03. The van der Waals surface area contributed by atoms with Crippen molar-refractivity contribution in [3.8, 4) is 56.4 Å². The third-order valence-electron chi connectivity index (χ3n) is 10.7. The maximum Gasteiger partial charge on any atom is 0.167 e. The van der Waals surface area contributed by atoms with Crippen LogP contribution in [0.5, 0.6) is 0 Å². The van der Waals surface area contributed by atoms with Crippen molar-refractivity contribution in [2.45, 2.75) is 0 Å². The van der Waals surface area contributed by atoms with Gasteiger partial charge in [-0.3, -0.25) is 0 Å². The van der Waals surface area contributed by atoms with Crippen molar-refractivity contribution in [2.24, 2.45) is 0 Å². The summed E-state index contributed by atoms with van der Waals surface area (Å²) in [6.45, 7) is 0. The number of para-hydroxylation sites is 2. The van der Waals surface area contributed by atoms with Gasteiger partial charge < -0.3 is 4.42 Å². The van der Waals surface area contributed by atoms with Crippen molar-refractivity contribution in [3.05, 3.63) is 188 Å². The molecule has 4 heteroatoms. The van der Waals surface area contributed by atoms with Crippen LogP contribution in [0, 0.1) is 0 Å². The lowest BCUT2D eigenvalue weighted by atomic mass is 9.90. The molecule has 2 aromatic heterocycles. The van der Waals surface area contributed by atoms with Crippen molar-refractivity contribution in [3.63, 3.8) is 0 Å². The van der Waals surface area contributed by atoms with Crippen molar-refractivity contribution in [1.82, 2.24) is 15.0 Å². The highest BCUT2D eigenvalue weighted by Gasteiger charge is 2.22. The Morgan fingerprint density at radius 2 is 0.891 bits per heavy atom. The molecule has 55 heavy (non-hydrogen) atoms. The van der Waals surface area contributed by atoms with Gasteiger partial charge in [-0.1, -0.05) is 170 Å². The van der Waals surface area contributed by atoms with Gasteiger partial charge in [-0.05, 0) is 72.8 Å². The summed E-state index contributed by atoms with van der Waals surface area (Å²) in [7, 11) is 0. The fourth-order valence-electron chi connectivity index (χ4n) is 8.21. The Morgan fingerprint density at radius 3 is 1.73 bits per heavy atom. The van der Waals surface area contributed by atoms with Crippen LogP contribution in [-0.4, -0.2) is 15.0 Å². The molecule has 4 nitrogen and oxygen atoms in total. The fraction of sp³-hybridized carbons (Fsp3) is 0. The molecule has 0 aliphatic heterocycles. The molecule has 9 aromatic carbocycles. The highest BCUT2D eigenvalue weighted by atomic mass is 16.3. The van der Waals surface area contributed by atoms with Gasteiger partial charge in [-0.2, -0.15) is 0 Å². The molecule has 0 spiro atoms. The van der Waals surface area contributed by atoms with E-state index < -0.39 is 0 Å². The van der Waals surface area contributed by atoms with E-state index in [0.717, 1.165) is 71.7 Å². The number of rotatable bonds is 5.